The van der Waals surface area contributed by atoms with Gasteiger partial charge in [0.2, 0.25) is 0 Å². The molecule has 1 aromatic carbocycles. The van der Waals surface area contributed by atoms with E-state index in [1.165, 1.54) is 19.2 Å². The second-order valence-corrected chi connectivity index (χ2v) is 4.04. The fraction of sp³-hybridized carbons (Fsp3) is 0.231. The van der Waals surface area contributed by atoms with E-state index in [9.17, 15) is 18.0 Å². The number of alkyl halides is 3. The van der Waals surface area contributed by atoms with Crippen LogP contribution in [0.1, 0.15) is 21.6 Å². The molecular weight excluding hydrogens is 275 g/mol. The molecule has 0 saturated carbocycles. The summed E-state index contributed by atoms with van der Waals surface area (Å²) >= 11 is 0. The summed E-state index contributed by atoms with van der Waals surface area (Å²) in [6.45, 7) is 1.54. The Morgan fingerprint density at radius 2 is 1.85 bits per heavy atom. The Labute approximate surface area is 112 Å². The van der Waals surface area contributed by atoms with Gasteiger partial charge in [0.05, 0.1) is 18.4 Å². The molecule has 0 radical (unpaired) electrons. The number of nitrogens with zero attached hydrogens (tertiary/aromatic N) is 1. The van der Waals surface area contributed by atoms with Crippen molar-refractivity contribution < 1.29 is 27.2 Å². The van der Waals surface area contributed by atoms with Gasteiger partial charge in [-0.15, -0.1) is 0 Å². The third-order valence-corrected chi connectivity index (χ3v) is 2.73. The summed E-state index contributed by atoms with van der Waals surface area (Å²) in [5, 5.41) is 3.64. The van der Waals surface area contributed by atoms with E-state index < -0.39 is 17.7 Å². The maximum absolute atomic E-state index is 12.5. The number of esters is 1. The topological polar surface area (TPSA) is 52.3 Å². The van der Waals surface area contributed by atoms with Crippen LogP contribution in [0.15, 0.2) is 28.8 Å². The Bertz CT molecular complexity index is 629. The fourth-order valence-electron chi connectivity index (χ4n) is 1.72. The monoisotopic (exact) mass is 285 g/mol. The molecule has 1 aromatic heterocycles. The highest BCUT2D eigenvalue weighted by Gasteiger charge is 2.30. The Hall–Kier alpha value is -2.31. The van der Waals surface area contributed by atoms with E-state index in [0.29, 0.717) is 11.3 Å². The predicted octanol–water partition coefficient (Wildman–Crippen LogP) is 3.46. The van der Waals surface area contributed by atoms with Crippen LogP contribution in [0, 0.1) is 6.92 Å². The second-order valence-electron chi connectivity index (χ2n) is 4.04. The van der Waals surface area contributed by atoms with Crippen molar-refractivity contribution in [2.45, 2.75) is 13.1 Å². The number of hydrogen-bond acceptors (Lipinski definition) is 4. The largest absolute Gasteiger partial charge is 0.465 e. The zero-order valence-corrected chi connectivity index (χ0v) is 10.6. The standard InChI is InChI=1S/C13H10F3NO3/c1-7-10(12(18)19-2)11(20-17-7)8-3-5-9(6-4-8)13(14,15)16/h3-6H,1-2H3. The maximum Gasteiger partial charge on any atom is 0.416 e. The van der Waals surface area contributed by atoms with E-state index in [1.54, 1.807) is 6.92 Å². The van der Waals surface area contributed by atoms with E-state index in [-0.39, 0.29) is 11.3 Å². The van der Waals surface area contributed by atoms with Crippen LogP contribution in [-0.4, -0.2) is 18.2 Å². The number of halogens is 3. The van der Waals surface area contributed by atoms with Crippen molar-refractivity contribution in [3.05, 3.63) is 41.1 Å². The molecule has 106 valence electrons. The van der Waals surface area contributed by atoms with Crippen molar-refractivity contribution in [3.8, 4) is 11.3 Å². The molecule has 0 bridgehead atoms. The number of ether oxygens (including phenoxy) is 1. The van der Waals surface area contributed by atoms with Crippen LogP contribution >= 0.6 is 0 Å². The van der Waals surface area contributed by atoms with Crippen molar-refractivity contribution >= 4 is 5.97 Å². The summed E-state index contributed by atoms with van der Waals surface area (Å²) in [7, 11) is 1.20. The van der Waals surface area contributed by atoms with Gasteiger partial charge in [-0.2, -0.15) is 13.2 Å². The molecule has 0 N–H and O–H groups in total. The first kappa shape index (κ1) is 14.1. The third kappa shape index (κ3) is 2.52. The predicted molar refractivity (Wildman–Crippen MR) is 63.0 cm³/mol. The Morgan fingerprint density at radius 3 is 2.35 bits per heavy atom. The highest BCUT2D eigenvalue weighted by Crippen LogP contribution is 2.32. The molecule has 0 atom stereocenters. The van der Waals surface area contributed by atoms with Gasteiger partial charge in [0.1, 0.15) is 5.56 Å². The summed E-state index contributed by atoms with van der Waals surface area (Å²) in [6, 6.07) is 4.26. The van der Waals surface area contributed by atoms with Gasteiger partial charge in [-0.05, 0) is 19.1 Å². The lowest BCUT2D eigenvalue weighted by molar-refractivity contribution is -0.137. The lowest BCUT2D eigenvalue weighted by Crippen LogP contribution is -2.05. The smallest absolute Gasteiger partial charge is 0.416 e. The molecule has 7 heteroatoms. The van der Waals surface area contributed by atoms with Crippen molar-refractivity contribution in [3.63, 3.8) is 0 Å². The molecule has 0 spiro atoms. The van der Waals surface area contributed by atoms with Crippen molar-refractivity contribution in [1.82, 2.24) is 5.16 Å². The first-order valence-electron chi connectivity index (χ1n) is 5.57. The van der Waals surface area contributed by atoms with Crippen LogP contribution in [0.25, 0.3) is 11.3 Å². The minimum absolute atomic E-state index is 0.0862. The molecule has 0 fully saturated rings. The quantitative estimate of drug-likeness (QED) is 0.793. The number of rotatable bonds is 2. The molecule has 0 unspecified atom stereocenters. The number of carbonyl (C=O) groups excluding carboxylic acids is 1. The van der Waals surface area contributed by atoms with Gasteiger partial charge in [-0.25, -0.2) is 4.79 Å². The van der Waals surface area contributed by atoms with E-state index in [1.807, 2.05) is 0 Å². The molecule has 2 rings (SSSR count). The molecule has 2 aromatic rings. The summed E-state index contributed by atoms with van der Waals surface area (Å²) in [5.41, 5.74) is -0.0462. The molecule has 0 aliphatic rings. The molecule has 0 amide bonds. The van der Waals surface area contributed by atoms with E-state index in [2.05, 4.69) is 9.89 Å². The van der Waals surface area contributed by atoms with Gasteiger partial charge in [0.25, 0.3) is 0 Å². The Balaban J connectivity index is 2.45. The maximum atomic E-state index is 12.5. The molecule has 0 saturated heterocycles. The molecule has 0 aliphatic heterocycles. The summed E-state index contributed by atoms with van der Waals surface area (Å²) in [6.07, 6.45) is -4.42. The number of aromatic nitrogens is 1. The van der Waals surface area contributed by atoms with E-state index in [0.717, 1.165) is 12.1 Å². The van der Waals surface area contributed by atoms with E-state index >= 15 is 0 Å². The number of hydrogen-bond donors (Lipinski definition) is 0. The van der Waals surface area contributed by atoms with Gasteiger partial charge in [-0.3, -0.25) is 0 Å². The van der Waals surface area contributed by atoms with Gasteiger partial charge in [0.15, 0.2) is 5.76 Å². The highest BCUT2D eigenvalue weighted by atomic mass is 19.4. The zero-order valence-electron chi connectivity index (χ0n) is 10.6. The number of methoxy groups -OCH3 is 1. The first-order valence-corrected chi connectivity index (χ1v) is 5.57. The Morgan fingerprint density at radius 1 is 1.25 bits per heavy atom. The van der Waals surface area contributed by atoms with Gasteiger partial charge < -0.3 is 9.26 Å². The minimum Gasteiger partial charge on any atom is -0.465 e. The van der Waals surface area contributed by atoms with Crippen LogP contribution in [0.5, 0.6) is 0 Å². The van der Waals surface area contributed by atoms with Crippen LogP contribution in [0.4, 0.5) is 13.2 Å². The van der Waals surface area contributed by atoms with Gasteiger partial charge >= 0.3 is 12.1 Å². The van der Waals surface area contributed by atoms with Crippen LogP contribution < -0.4 is 0 Å². The van der Waals surface area contributed by atoms with Gasteiger partial charge in [0, 0.05) is 5.56 Å². The van der Waals surface area contributed by atoms with Crippen LogP contribution in [0.2, 0.25) is 0 Å². The molecular formula is C13H10F3NO3. The molecule has 1 heterocycles. The summed E-state index contributed by atoms with van der Waals surface area (Å²) < 4.78 is 47.0. The van der Waals surface area contributed by atoms with Crippen molar-refractivity contribution in [2.75, 3.05) is 7.11 Å². The second kappa shape index (κ2) is 4.99. The summed E-state index contributed by atoms with van der Waals surface area (Å²) in [5.74, 6) is -0.568. The molecule has 0 aliphatic carbocycles. The van der Waals surface area contributed by atoms with Crippen molar-refractivity contribution in [1.29, 1.82) is 0 Å². The summed E-state index contributed by atoms with van der Waals surface area (Å²) in [4.78, 5) is 11.6. The number of aryl methyl sites for hydroxylation is 1. The lowest BCUT2D eigenvalue weighted by Gasteiger charge is -2.07. The van der Waals surface area contributed by atoms with Gasteiger partial charge in [-0.1, -0.05) is 17.3 Å². The van der Waals surface area contributed by atoms with Crippen LogP contribution in [0.3, 0.4) is 0 Å². The molecule has 4 nitrogen and oxygen atoms in total. The minimum atomic E-state index is -4.42. The number of benzene rings is 1. The van der Waals surface area contributed by atoms with Crippen molar-refractivity contribution in [2.24, 2.45) is 0 Å². The normalized spacial score (nSPS) is 11.4. The third-order valence-electron chi connectivity index (χ3n) is 2.73. The Kier molecular flexibility index (Phi) is 3.52. The lowest BCUT2D eigenvalue weighted by atomic mass is 10.1. The van der Waals surface area contributed by atoms with Crippen LogP contribution in [-0.2, 0) is 10.9 Å². The van der Waals surface area contributed by atoms with E-state index in [4.69, 9.17) is 4.52 Å². The molecule has 20 heavy (non-hydrogen) atoms. The highest BCUT2D eigenvalue weighted by molar-refractivity contribution is 5.96. The zero-order chi connectivity index (χ0) is 14.9. The SMILES string of the molecule is COC(=O)c1c(C)noc1-c1ccc(C(F)(F)F)cc1. The number of carbonyl (C=O) groups is 1. The fourth-order valence-corrected chi connectivity index (χ4v) is 1.72. The average molecular weight is 285 g/mol. The average Bonchev–Trinajstić information content (AvgIpc) is 2.79. The first-order chi connectivity index (χ1) is 9.34.